The van der Waals surface area contributed by atoms with Crippen LogP contribution in [0.3, 0.4) is 0 Å². The predicted molar refractivity (Wildman–Crippen MR) is 72.0 cm³/mol. The summed E-state index contributed by atoms with van der Waals surface area (Å²) < 4.78 is 27.1. The minimum Gasteiger partial charge on any atom is -0.278 e. The molecule has 0 radical (unpaired) electrons. The summed E-state index contributed by atoms with van der Waals surface area (Å²) in [4.78, 5) is 7.52. The second-order valence-electron chi connectivity index (χ2n) is 3.27. The van der Waals surface area contributed by atoms with Gasteiger partial charge in [-0.25, -0.2) is 8.42 Å². The van der Waals surface area contributed by atoms with Gasteiger partial charge in [0.1, 0.15) is 4.90 Å². The number of rotatable bonds is 3. The Kier molecular flexibility index (Phi) is 3.84. The fraction of sp³-hybridized carbons (Fsp3) is 0. The van der Waals surface area contributed by atoms with E-state index >= 15 is 0 Å². The third-order valence-corrected chi connectivity index (χ3v) is 4.51. The molecule has 0 atom stereocenters. The van der Waals surface area contributed by atoms with Crippen molar-refractivity contribution >= 4 is 43.2 Å². The topological polar surface area (TPSA) is 72.0 Å². The zero-order valence-corrected chi connectivity index (χ0v) is 12.0. The van der Waals surface area contributed by atoms with E-state index in [2.05, 4.69) is 30.6 Å². The Morgan fingerprint density at radius 3 is 2.50 bits per heavy atom. The van der Waals surface area contributed by atoms with Gasteiger partial charge in [-0.3, -0.25) is 14.7 Å². The lowest BCUT2D eigenvalue weighted by Gasteiger charge is -2.09. The number of nitrogens with one attached hydrogen (secondary N) is 1. The summed E-state index contributed by atoms with van der Waals surface area (Å²) in [6.45, 7) is 0. The van der Waals surface area contributed by atoms with E-state index in [1.165, 1.54) is 36.9 Å². The number of aromatic nitrogens is 2. The molecule has 2 aromatic heterocycles. The molecule has 0 saturated carbocycles. The second-order valence-corrected chi connectivity index (χ2v) is 6.18. The second kappa shape index (κ2) is 5.21. The molecule has 8 heteroatoms. The third-order valence-electron chi connectivity index (χ3n) is 2.04. The molecule has 2 aromatic rings. The Morgan fingerprint density at radius 2 is 1.83 bits per heavy atom. The maximum atomic E-state index is 12.1. The van der Waals surface area contributed by atoms with Gasteiger partial charge in [-0.15, -0.1) is 0 Å². The molecular formula is C10H7BrClN3O2S. The molecule has 1 N–H and O–H groups in total. The van der Waals surface area contributed by atoms with Crippen LogP contribution < -0.4 is 4.72 Å². The number of halogens is 2. The highest BCUT2D eigenvalue weighted by molar-refractivity contribution is 9.10. The summed E-state index contributed by atoms with van der Waals surface area (Å²) in [6.07, 6.45) is 5.58. The van der Waals surface area contributed by atoms with Crippen molar-refractivity contribution in [3.05, 3.63) is 46.4 Å². The van der Waals surface area contributed by atoms with Gasteiger partial charge in [-0.2, -0.15) is 0 Å². The molecule has 5 nitrogen and oxygen atoms in total. The summed E-state index contributed by atoms with van der Waals surface area (Å²) in [5.74, 6) is 0. The fourth-order valence-corrected chi connectivity index (χ4v) is 3.21. The summed E-state index contributed by atoms with van der Waals surface area (Å²) in [7, 11) is -3.77. The van der Waals surface area contributed by atoms with Gasteiger partial charge in [0.05, 0.1) is 15.2 Å². The van der Waals surface area contributed by atoms with Crippen molar-refractivity contribution in [3.8, 4) is 0 Å². The normalized spacial score (nSPS) is 11.2. The lowest BCUT2D eigenvalue weighted by molar-refractivity contribution is 0.601. The average Bonchev–Trinajstić information content (AvgIpc) is 2.32. The minimum atomic E-state index is -3.77. The van der Waals surface area contributed by atoms with Crippen molar-refractivity contribution in [2.45, 2.75) is 4.90 Å². The standard InChI is InChI=1S/C10H7BrClN3O2S/c11-7-5-13-4-2-9(7)15-18(16,17)10-6-14-3-1-8(10)12/h1-6H,(H,13,15). The van der Waals surface area contributed by atoms with Gasteiger partial charge in [0.15, 0.2) is 0 Å². The Hall–Kier alpha value is -1.18. The van der Waals surface area contributed by atoms with E-state index in [9.17, 15) is 8.42 Å². The first-order valence-electron chi connectivity index (χ1n) is 4.72. The number of hydrogen-bond donors (Lipinski definition) is 1. The van der Waals surface area contributed by atoms with Crippen molar-refractivity contribution in [2.24, 2.45) is 0 Å². The van der Waals surface area contributed by atoms with E-state index in [4.69, 9.17) is 11.6 Å². The van der Waals surface area contributed by atoms with Gasteiger partial charge in [-0.1, -0.05) is 11.6 Å². The van der Waals surface area contributed by atoms with Crippen molar-refractivity contribution in [3.63, 3.8) is 0 Å². The van der Waals surface area contributed by atoms with Crippen LogP contribution in [0.2, 0.25) is 5.02 Å². The number of pyridine rings is 2. The Balaban J connectivity index is 2.40. The quantitative estimate of drug-likeness (QED) is 0.925. The van der Waals surface area contributed by atoms with E-state index in [1.807, 2.05) is 0 Å². The van der Waals surface area contributed by atoms with Crippen LogP contribution in [0, 0.1) is 0 Å². The van der Waals surface area contributed by atoms with E-state index in [1.54, 1.807) is 0 Å². The van der Waals surface area contributed by atoms with Crippen LogP contribution in [0.15, 0.2) is 46.3 Å². The smallest absolute Gasteiger partial charge is 0.264 e. The SMILES string of the molecule is O=S(=O)(Nc1ccncc1Br)c1cnccc1Cl. The molecule has 18 heavy (non-hydrogen) atoms. The molecule has 0 aliphatic rings. The third kappa shape index (κ3) is 2.80. The Labute approximate surface area is 117 Å². The summed E-state index contributed by atoms with van der Waals surface area (Å²) in [6, 6.07) is 2.95. The van der Waals surface area contributed by atoms with Crippen molar-refractivity contribution in [1.29, 1.82) is 0 Å². The summed E-state index contributed by atoms with van der Waals surface area (Å²) in [5.41, 5.74) is 0.380. The highest BCUT2D eigenvalue weighted by Crippen LogP contribution is 2.26. The zero-order chi connectivity index (χ0) is 13.2. The minimum absolute atomic E-state index is 0.0737. The van der Waals surface area contributed by atoms with Gasteiger partial charge in [0.2, 0.25) is 0 Å². The molecule has 0 aliphatic carbocycles. The van der Waals surface area contributed by atoms with Gasteiger partial charge < -0.3 is 0 Å². The Bertz CT molecular complexity index is 678. The summed E-state index contributed by atoms with van der Waals surface area (Å²) in [5, 5.41) is 0.114. The lowest BCUT2D eigenvalue weighted by atomic mass is 10.4. The number of anilines is 1. The molecule has 0 bridgehead atoms. The molecule has 0 spiro atoms. The highest BCUT2D eigenvalue weighted by Gasteiger charge is 2.19. The largest absolute Gasteiger partial charge is 0.278 e. The number of sulfonamides is 1. The van der Waals surface area contributed by atoms with Crippen molar-refractivity contribution in [1.82, 2.24) is 9.97 Å². The van der Waals surface area contributed by atoms with Crippen LogP contribution in [-0.4, -0.2) is 18.4 Å². The van der Waals surface area contributed by atoms with Crippen LogP contribution in [0.5, 0.6) is 0 Å². The molecule has 0 aliphatic heterocycles. The molecule has 0 amide bonds. The van der Waals surface area contributed by atoms with Gasteiger partial charge in [-0.05, 0) is 28.1 Å². The molecule has 0 fully saturated rings. The first-order chi connectivity index (χ1) is 8.50. The van der Waals surface area contributed by atoms with Crippen LogP contribution in [0.1, 0.15) is 0 Å². The molecule has 2 heterocycles. The van der Waals surface area contributed by atoms with E-state index in [0.717, 1.165) is 0 Å². The lowest BCUT2D eigenvalue weighted by Crippen LogP contribution is -2.14. The number of hydrogen-bond acceptors (Lipinski definition) is 4. The average molecular weight is 349 g/mol. The first-order valence-corrected chi connectivity index (χ1v) is 7.38. The monoisotopic (exact) mass is 347 g/mol. The molecule has 2 rings (SSSR count). The van der Waals surface area contributed by atoms with Crippen molar-refractivity contribution < 1.29 is 8.42 Å². The van der Waals surface area contributed by atoms with Crippen LogP contribution in [0.4, 0.5) is 5.69 Å². The molecule has 0 unspecified atom stereocenters. The fourth-order valence-electron chi connectivity index (χ4n) is 1.22. The molecule has 94 valence electrons. The van der Waals surface area contributed by atoms with Crippen LogP contribution in [-0.2, 0) is 10.0 Å². The van der Waals surface area contributed by atoms with Gasteiger partial charge in [0.25, 0.3) is 10.0 Å². The van der Waals surface area contributed by atoms with E-state index < -0.39 is 10.0 Å². The summed E-state index contributed by atoms with van der Waals surface area (Å²) >= 11 is 9.03. The maximum absolute atomic E-state index is 12.1. The van der Waals surface area contributed by atoms with E-state index in [-0.39, 0.29) is 9.92 Å². The maximum Gasteiger partial charge on any atom is 0.264 e. The van der Waals surface area contributed by atoms with Crippen molar-refractivity contribution in [2.75, 3.05) is 4.72 Å². The van der Waals surface area contributed by atoms with Gasteiger partial charge >= 0.3 is 0 Å². The molecule has 0 saturated heterocycles. The number of nitrogens with zero attached hydrogens (tertiary/aromatic N) is 2. The van der Waals surface area contributed by atoms with E-state index in [0.29, 0.717) is 10.2 Å². The highest BCUT2D eigenvalue weighted by atomic mass is 79.9. The first kappa shape index (κ1) is 13.3. The molecule has 0 aromatic carbocycles. The van der Waals surface area contributed by atoms with Gasteiger partial charge in [0, 0.05) is 24.8 Å². The Morgan fingerprint density at radius 1 is 1.17 bits per heavy atom. The van der Waals surface area contributed by atoms with Crippen LogP contribution in [0.25, 0.3) is 0 Å². The molecular weight excluding hydrogens is 342 g/mol. The van der Waals surface area contributed by atoms with Crippen LogP contribution >= 0.6 is 27.5 Å². The zero-order valence-electron chi connectivity index (χ0n) is 8.84. The predicted octanol–water partition coefficient (Wildman–Crippen LogP) is 2.69.